The van der Waals surface area contributed by atoms with E-state index in [1.165, 1.54) is 24.3 Å². The van der Waals surface area contributed by atoms with Crippen LogP contribution in [0.5, 0.6) is 0 Å². The molecule has 0 atom stereocenters. The van der Waals surface area contributed by atoms with E-state index in [-0.39, 0.29) is 22.2 Å². The van der Waals surface area contributed by atoms with Gasteiger partial charge in [-0.05, 0) is 30.3 Å². The normalized spacial score (nSPS) is 10.8. The summed E-state index contributed by atoms with van der Waals surface area (Å²) in [7, 11) is 0. The van der Waals surface area contributed by atoms with E-state index in [0.717, 1.165) is 5.56 Å². The summed E-state index contributed by atoms with van der Waals surface area (Å²) in [4.78, 5) is 4.64. The maximum atomic E-state index is 15.1. The Morgan fingerprint density at radius 1 is 0.900 bits per heavy atom. The summed E-state index contributed by atoms with van der Waals surface area (Å²) in [6.45, 7) is 0. The van der Waals surface area contributed by atoms with E-state index in [2.05, 4.69) is 11.1 Å². The van der Waals surface area contributed by atoms with Gasteiger partial charge in [0.2, 0.25) is 0 Å². The van der Waals surface area contributed by atoms with Gasteiger partial charge in [-0.15, -0.1) is 0 Å². The highest BCUT2D eigenvalue weighted by Crippen LogP contribution is 2.36. The Morgan fingerprint density at radius 2 is 1.67 bits per heavy atom. The lowest BCUT2D eigenvalue weighted by atomic mass is 10.1. The molecule has 4 rings (SSSR count). The van der Waals surface area contributed by atoms with Gasteiger partial charge in [0.1, 0.15) is 11.6 Å². The number of hydrogen-bond acceptors (Lipinski definition) is 2. The van der Waals surface area contributed by atoms with Crippen LogP contribution in [-0.2, 0) is 6.42 Å². The number of imidazole rings is 1. The molecule has 0 amide bonds. The summed E-state index contributed by atoms with van der Waals surface area (Å²) < 4.78 is 30.5. The highest BCUT2D eigenvalue weighted by molar-refractivity contribution is 6.31. The summed E-state index contributed by atoms with van der Waals surface area (Å²) in [5.74, 6) is -0.783. The first-order chi connectivity index (χ1) is 14.5. The Hall–Kier alpha value is -3.20. The second-order valence-electron chi connectivity index (χ2n) is 6.47. The van der Waals surface area contributed by atoms with Crippen molar-refractivity contribution in [3.8, 4) is 34.4 Å². The lowest BCUT2D eigenvalue weighted by Crippen LogP contribution is -2.04. The minimum Gasteiger partial charge on any atom is -0.289 e. The third-order valence-corrected chi connectivity index (χ3v) is 5.17. The van der Waals surface area contributed by atoms with Crippen molar-refractivity contribution in [1.82, 2.24) is 9.55 Å². The molecule has 0 unspecified atom stereocenters. The summed E-state index contributed by atoms with van der Waals surface area (Å²) >= 11 is 12.0. The van der Waals surface area contributed by atoms with E-state index in [0.29, 0.717) is 22.8 Å². The van der Waals surface area contributed by atoms with Crippen molar-refractivity contribution in [1.29, 1.82) is 5.26 Å². The molecule has 0 fully saturated rings. The number of halogens is 4. The van der Waals surface area contributed by atoms with Crippen LogP contribution in [0.15, 0.2) is 66.7 Å². The van der Waals surface area contributed by atoms with Crippen LogP contribution in [0, 0.1) is 23.0 Å². The van der Waals surface area contributed by atoms with E-state index in [4.69, 9.17) is 23.2 Å². The molecule has 0 bridgehead atoms. The predicted molar refractivity (Wildman–Crippen MR) is 114 cm³/mol. The van der Waals surface area contributed by atoms with Gasteiger partial charge < -0.3 is 0 Å². The fourth-order valence-electron chi connectivity index (χ4n) is 3.28. The Bertz CT molecular complexity index is 1280. The van der Waals surface area contributed by atoms with E-state index >= 15 is 4.39 Å². The SMILES string of the molecule is N#CCc1nc(-c2ccccc2)n(-c2cccc(Cl)c2F)c1-c1ccc(F)c(Cl)c1. The van der Waals surface area contributed by atoms with Gasteiger partial charge in [-0.3, -0.25) is 4.57 Å². The molecule has 0 aliphatic heterocycles. The molecular formula is C23H13Cl2F2N3. The quantitative estimate of drug-likeness (QED) is 0.348. The fourth-order valence-corrected chi connectivity index (χ4v) is 3.63. The highest BCUT2D eigenvalue weighted by Gasteiger charge is 2.24. The average molecular weight is 440 g/mol. The summed E-state index contributed by atoms with van der Waals surface area (Å²) in [6.07, 6.45) is -0.0284. The van der Waals surface area contributed by atoms with Crippen LogP contribution in [0.1, 0.15) is 5.69 Å². The number of rotatable bonds is 4. The first-order valence-corrected chi connectivity index (χ1v) is 9.70. The first kappa shape index (κ1) is 20.1. The van der Waals surface area contributed by atoms with Crippen molar-refractivity contribution >= 4 is 23.2 Å². The van der Waals surface area contributed by atoms with Crippen molar-refractivity contribution in [3.63, 3.8) is 0 Å². The van der Waals surface area contributed by atoms with Gasteiger partial charge in [-0.2, -0.15) is 5.26 Å². The molecule has 0 radical (unpaired) electrons. The second kappa shape index (κ2) is 8.27. The van der Waals surface area contributed by atoms with Gasteiger partial charge in [0.15, 0.2) is 5.82 Å². The number of nitrogens with zero attached hydrogens (tertiary/aromatic N) is 3. The average Bonchev–Trinajstić information content (AvgIpc) is 3.12. The zero-order valence-corrected chi connectivity index (χ0v) is 16.9. The third kappa shape index (κ3) is 3.56. The molecule has 4 aromatic rings. The van der Waals surface area contributed by atoms with Crippen LogP contribution >= 0.6 is 23.2 Å². The minimum atomic E-state index is -0.633. The van der Waals surface area contributed by atoms with Crippen molar-refractivity contribution < 1.29 is 8.78 Å². The Labute approximate surface area is 181 Å². The van der Waals surface area contributed by atoms with Crippen LogP contribution in [0.4, 0.5) is 8.78 Å². The standard InChI is InChI=1S/C23H13Cl2F2N3/c24-16-7-4-8-20(21(16)27)30-22(15-9-10-18(26)17(25)13-15)19(11-12-28)29-23(30)14-5-2-1-3-6-14/h1-10,13H,11H2. The molecule has 7 heteroatoms. The maximum Gasteiger partial charge on any atom is 0.165 e. The van der Waals surface area contributed by atoms with Crippen LogP contribution < -0.4 is 0 Å². The zero-order chi connectivity index (χ0) is 21.3. The zero-order valence-electron chi connectivity index (χ0n) is 15.4. The van der Waals surface area contributed by atoms with Crippen molar-refractivity contribution in [2.45, 2.75) is 6.42 Å². The molecule has 3 aromatic carbocycles. The van der Waals surface area contributed by atoms with Gasteiger partial charge in [0.05, 0.1) is 39.6 Å². The van der Waals surface area contributed by atoms with Gasteiger partial charge in [0.25, 0.3) is 0 Å². The predicted octanol–water partition coefficient (Wildman–Crippen LogP) is 6.86. The Balaban J connectivity index is 2.12. The van der Waals surface area contributed by atoms with E-state index in [1.54, 1.807) is 16.7 Å². The topological polar surface area (TPSA) is 41.6 Å². The van der Waals surface area contributed by atoms with Crippen LogP contribution in [0.3, 0.4) is 0 Å². The third-order valence-electron chi connectivity index (χ3n) is 4.59. The molecule has 148 valence electrons. The summed E-state index contributed by atoms with van der Waals surface area (Å²) in [5, 5.41) is 9.21. The maximum absolute atomic E-state index is 15.1. The van der Waals surface area contributed by atoms with E-state index < -0.39 is 11.6 Å². The monoisotopic (exact) mass is 439 g/mol. The van der Waals surface area contributed by atoms with Crippen LogP contribution in [0.25, 0.3) is 28.3 Å². The molecule has 0 aliphatic rings. The largest absolute Gasteiger partial charge is 0.289 e. The molecular weight excluding hydrogens is 427 g/mol. The number of hydrogen-bond donors (Lipinski definition) is 0. The molecule has 0 saturated carbocycles. The van der Waals surface area contributed by atoms with Crippen molar-refractivity contribution in [2.75, 3.05) is 0 Å². The molecule has 3 nitrogen and oxygen atoms in total. The molecule has 1 heterocycles. The van der Waals surface area contributed by atoms with Crippen LogP contribution in [0.2, 0.25) is 10.0 Å². The van der Waals surface area contributed by atoms with Gasteiger partial charge in [-0.1, -0.05) is 59.6 Å². The number of benzene rings is 3. The van der Waals surface area contributed by atoms with Gasteiger partial charge >= 0.3 is 0 Å². The smallest absolute Gasteiger partial charge is 0.165 e. The Morgan fingerprint density at radius 3 is 2.37 bits per heavy atom. The second-order valence-corrected chi connectivity index (χ2v) is 7.28. The Kier molecular flexibility index (Phi) is 5.54. The number of nitriles is 1. The first-order valence-electron chi connectivity index (χ1n) is 8.95. The molecule has 1 aromatic heterocycles. The van der Waals surface area contributed by atoms with Gasteiger partial charge in [-0.25, -0.2) is 13.8 Å². The molecule has 0 N–H and O–H groups in total. The van der Waals surface area contributed by atoms with Gasteiger partial charge in [0, 0.05) is 11.1 Å². The number of aromatic nitrogens is 2. The molecule has 30 heavy (non-hydrogen) atoms. The lowest BCUT2D eigenvalue weighted by molar-refractivity contribution is 0.619. The van der Waals surface area contributed by atoms with Crippen molar-refractivity contribution in [2.24, 2.45) is 0 Å². The highest BCUT2D eigenvalue weighted by atomic mass is 35.5. The molecule has 0 spiro atoms. The van der Waals surface area contributed by atoms with E-state index in [9.17, 15) is 9.65 Å². The lowest BCUT2D eigenvalue weighted by Gasteiger charge is -2.15. The van der Waals surface area contributed by atoms with E-state index in [1.807, 2.05) is 30.3 Å². The fraction of sp³-hybridized carbons (Fsp3) is 0.0435. The van der Waals surface area contributed by atoms with Crippen LogP contribution in [-0.4, -0.2) is 9.55 Å². The van der Waals surface area contributed by atoms with Crippen molar-refractivity contribution in [3.05, 3.63) is 94.1 Å². The summed E-state index contributed by atoms with van der Waals surface area (Å²) in [6, 6.07) is 20.1. The molecule has 0 aliphatic carbocycles. The minimum absolute atomic E-state index is 0.0284. The summed E-state index contributed by atoms with van der Waals surface area (Å²) in [5.41, 5.74) is 2.24. The molecule has 0 saturated heterocycles.